The quantitative estimate of drug-likeness (QED) is 0.789. The molecule has 1 atom stereocenters. The minimum atomic E-state index is -4.72. The number of hydrogen-bond donors (Lipinski definition) is 1. The Morgan fingerprint density at radius 1 is 1.12 bits per heavy atom. The van der Waals surface area contributed by atoms with E-state index in [-0.39, 0.29) is 17.7 Å². The molecule has 1 unspecified atom stereocenters. The number of carbonyl (C=O) groups excluding carboxylic acids is 1. The molecule has 140 valence electrons. The number of halogens is 3. The number of aryl methyl sites for hydroxylation is 1. The molecule has 0 saturated heterocycles. The van der Waals surface area contributed by atoms with E-state index in [1.807, 2.05) is 24.3 Å². The van der Waals surface area contributed by atoms with Gasteiger partial charge in [0.05, 0.1) is 13.2 Å². The van der Waals surface area contributed by atoms with Crippen LogP contribution in [-0.4, -0.2) is 19.4 Å². The molecule has 0 spiro atoms. The molecule has 2 aromatic carbocycles. The molecule has 0 saturated carbocycles. The first-order valence-corrected chi connectivity index (χ1v) is 8.05. The molecule has 0 radical (unpaired) electrons. The Morgan fingerprint density at radius 2 is 1.81 bits per heavy atom. The number of hydrogen-bond acceptors (Lipinski definition) is 3. The topological polar surface area (TPSA) is 47.6 Å². The largest absolute Gasteiger partial charge is 0.573 e. The number of methoxy groups -OCH3 is 1. The van der Waals surface area contributed by atoms with E-state index in [2.05, 4.69) is 10.1 Å². The first-order chi connectivity index (χ1) is 12.3. The van der Waals surface area contributed by atoms with Crippen molar-refractivity contribution >= 4 is 5.91 Å². The summed E-state index contributed by atoms with van der Waals surface area (Å²) in [5.41, 5.74) is 1.68. The van der Waals surface area contributed by atoms with Gasteiger partial charge in [0.2, 0.25) is 5.91 Å². The van der Waals surface area contributed by atoms with Crippen LogP contribution in [0.15, 0.2) is 48.5 Å². The highest BCUT2D eigenvalue weighted by molar-refractivity contribution is 5.76. The fourth-order valence-electron chi connectivity index (χ4n) is 2.44. The van der Waals surface area contributed by atoms with Gasteiger partial charge in [-0.3, -0.25) is 4.79 Å². The van der Waals surface area contributed by atoms with Crippen molar-refractivity contribution in [3.63, 3.8) is 0 Å². The lowest BCUT2D eigenvalue weighted by atomic mass is 10.1. The zero-order valence-electron chi connectivity index (χ0n) is 14.5. The summed E-state index contributed by atoms with van der Waals surface area (Å²) in [5, 5.41) is 2.83. The Morgan fingerprint density at radius 3 is 2.42 bits per heavy atom. The zero-order valence-corrected chi connectivity index (χ0v) is 14.5. The van der Waals surface area contributed by atoms with Crippen LogP contribution >= 0.6 is 0 Å². The molecule has 0 heterocycles. The van der Waals surface area contributed by atoms with Crippen molar-refractivity contribution in [3.05, 3.63) is 59.7 Å². The van der Waals surface area contributed by atoms with E-state index in [1.54, 1.807) is 14.0 Å². The molecule has 1 N–H and O–H groups in total. The summed E-state index contributed by atoms with van der Waals surface area (Å²) in [6.07, 6.45) is -3.86. The van der Waals surface area contributed by atoms with Gasteiger partial charge in [0.1, 0.15) is 11.5 Å². The standard InChI is InChI=1S/C19H20F3NO3/c1-13(15-7-9-16(10-8-15)26-19(20,21)22)23-18(24)11-6-14-4-3-5-17(12-14)25-2/h3-5,7-10,12-13H,6,11H2,1-2H3,(H,23,24). The maximum Gasteiger partial charge on any atom is 0.573 e. The van der Waals surface area contributed by atoms with Crippen LogP contribution in [0.3, 0.4) is 0 Å². The van der Waals surface area contributed by atoms with Crippen LogP contribution in [0, 0.1) is 0 Å². The van der Waals surface area contributed by atoms with Crippen LogP contribution in [0.25, 0.3) is 0 Å². The summed E-state index contributed by atoms with van der Waals surface area (Å²) in [4.78, 5) is 12.1. The second-order valence-corrected chi connectivity index (χ2v) is 5.76. The predicted molar refractivity (Wildman–Crippen MR) is 91.0 cm³/mol. The summed E-state index contributed by atoms with van der Waals surface area (Å²) in [6, 6.07) is 12.6. The van der Waals surface area contributed by atoms with E-state index in [0.29, 0.717) is 18.4 Å². The number of benzene rings is 2. The van der Waals surface area contributed by atoms with E-state index in [1.165, 1.54) is 24.3 Å². The molecule has 26 heavy (non-hydrogen) atoms. The molecule has 1 amide bonds. The fraction of sp³-hybridized carbons (Fsp3) is 0.316. The van der Waals surface area contributed by atoms with Gasteiger partial charge in [0.15, 0.2) is 0 Å². The van der Waals surface area contributed by atoms with Crippen molar-refractivity contribution in [2.24, 2.45) is 0 Å². The Balaban J connectivity index is 1.86. The molecule has 4 nitrogen and oxygen atoms in total. The van der Waals surface area contributed by atoms with Crippen molar-refractivity contribution in [3.8, 4) is 11.5 Å². The summed E-state index contributed by atoms with van der Waals surface area (Å²) in [6.45, 7) is 1.77. The number of amides is 1. The molecule has 0 aromatic heterocycles. The minimum Gasteiger partial charge on any atom is -0.497 e. The van der Waals surface area contributed by atoms with E-state index in [9.17, 15) is 18.0 Å². The second-order valence-electron chi connectivity index (χ2n) is 5.76. The van der Waals surface area contributed by atoms with Gasteiger partial charge in [-0.15, -0.1) is 13.2 Å². The maximum absolute atomic E-state index is 12.2. The molecule has 0 aliphatic rings. The fourth-order valence-corrected chi connectivity index (χ4v) is 2.44. The van der Waals surface area contributed by atoms with Crippen molar-refractivity contribution < 1.29 is 27.4 Å². The van der Waals surface area contributed by atoms with Crippen molar-refractivity contribution in [2.45, 2.75) is 32.2 Å². The van der Waals surface area contributed by atoms with Crippen molar-refractivity contribution in [2.75, 3.05) is 7.11 Å². The van der Waals surface area contributed by atoms with Gasteiger partial charge in [-0.2, -0.15) is 0 Å². The number of nitrogens with one attached hydrogen (secondary N) is 1. The molecule has 0 bridgehead atoms. The van der Waals surface area contributed by atoms with Crippen molar-refractivity contribution in [1.29, 1.82) is 0 Å². The molecule has 0 aliphatic heterocycles. The third kappa shape index (κ3) is 6.31. The third-order valence-corrected chi connectivity index (χ3v) is 3.77. The molecule has 7 heteroatoms. The molecule has 2 aromatic rings. The summed E-state index contributed by atoms with van der Waals surface area (Å²) in [5.74, 6) is 0.297. The molecule has 0 aliphatic carbocycles. The summed E-state index contributed by atoms with van der Waals surface area (Å²) in [7, 11) is 1.58. The third-order valence-electron chi connectivity index (χ3n) is 3.77. The lowest BCUT2D eigenvalue weighted by Crippen LogP contribution is -2.26. The van der Waals surface area contributed by atoms with Gasteiger partial charge in [0, 0.05) is 6.42 Å². The molecule has 0 fully saturated rings. The first kappa shape index (κ1) is 19.6. The van der Waals surface area contributed by atoms with E-state index in [4.69, 9.17) is 4.74 Å². The summed E-state index contributed by atoms with van der Waals surface area (Å²) < 4.78 is 45.4. The van der Waals surface area contributed by atoms with Crippen LogP contribution in [0.1, 0.15) is 30.5 Å². The van der Waals surface area contributed by atoms with E-state index >= 15 is 0 Å². The Hall–Kier alpha value is -2.70. The summed E-state index contributed by atoms with van der Waals surface area (Å²) >= 11 is 0. The van der Waals surface area contributed by atoms with E-state index < -0.39 is 6.36 Å². The van der Waals surface area contributed by atoms with Crippen LogP contribution in [-0.2, 0) is 11.2 Å². The number of carbonyl (C=O) groups is 1. The highest BCUT2D eigenvalue weighted by atomic mass is 19.4. The van der Waals surface area contributed by atoms with Crippen LogP contribution in [0.5, 0.6) is 11.5 Å². The maximum atomic E-state index is 12.2. The monoisotopic (exact) mass is 367 g/mol. The second kappa shape index (κ2) is 8.60. The predicted octanol–water partition coefficient (Wildman–Crippen LogP) is 4.40. The number of ether oxygens (including phenoxy) is 2. The zero-order chi connectivity index (χ0) is 19.2. The van der Waals surface area contributed by atoms with Gasteiger partial charge >= 0.3 is 6.36 Å². The first-order valence-electron chi connectivity index (χ1n) is 8.05. The molecule has 2 rings (SSSR count). The Labute approximate surface area is 149 Å². The van der Waals surface area contributed by atoms with Crippen molar-refractivity contribution in [1.82, 2.24) is 5.32 Å². The van der Waals surface area contributed by atoms with Crippen LogP contribution in [0.4, 0.5) is 13.2 Å². The highest BCUT2D eigenvalue weighted by Gasteiger charge is 2.31. The smallest absolute Gasteiger partial charge is 0.497 e. The number of rotatable bonds is 7. The van der Waals surface area contributed by atoms with Gasteiger partial charge < -0.3 is 14.8 Å². The highest BCUT2D eigenvalue weighted by Crippen LogP contribution is 2.24. The van der Waals surface area contributed by atoms with Gasteiger partial charge in [-0.1, -0.05) is 24.3 Å². The molecular formula is C19H20F3NO3. The molecular weight excluding hydrogens is 347 g/mol. The minimum absolute atomic E-state index is 0.143. The lowest BCUT2D eigenvalue weighted by Gasteiger charge is -2.15. The Bertz CT molecular complexity index is 730. The normalized spacial score (nSPS) is 12.3. The SMILES string of the molecule is COc1cccc(CCC(=O)NC(C)c2ccc(OC(F)(F)F)cc2)c1. The van der Waals surface area contributed by atoms with Crippen LogP contribution in [0.2, 0.25) is 0 Å². The van der Waals surface area contributed by atoms with Gasteiger partial charge in [-0.05, 0) is 48.7 Å². The van der Waals surface area contributed by atoms with Gasteiger partial charge in [0.25, 0.3) is 0 Å². The van der Waals surface area contributed by atoms with Crippen LogP contribution < -0.4 is 14.8 Å². The lowest BCUT2D eigenvalue weighted by molar-refractivity contribution is -0.274. The number of alkyl halides is 3. The van der Waals surface area contributed by atoms with E-state index in [0.717, 1.165) is 11.3 Å². The average Bonchev–Trinajstić information content (AvgIpc) is 2.59. The Kier molecular flexibility index (Phi) is 6.49. The average molecular weight is 367 g/mol. The van der Waals surface area contributed by atoms with Gasteiger partial charge in [-0.25, -0.2) is 0 Å².